The van der Waals surface area contributed by atoms with E-state index in [2.05, 4.69) is 25.8 Å². The highest BCUT2D eigenvalue weighted by molar-refractivity contribution is 6.19. The summed E-state index contributed by atoms with van der Waals surface area (Å²) >= 11 is 0. The van der Waals surface area contributed by atoms with Crippen molar-refractivity contribution in [3.63, 3.8) is 0 Å². The summed E-state index contributed by atoms with van der Waals surface area (Å²) in [6, 6.07) is 9.45. The van der Waals surface area contributed by atoms with Crippen molar-refractivity contribution in [3.05, 3.63) is 89.3 Å². The molecule has 2 N–H and O–H groups in total. The molecule has 3 aromatic rings. The summed E-state index contributed by atoms with van der Waals surface area (Å²) < 4.78 is 33.5. The molecular formula is C24H20F2N6O3. The Balaban J connectivity index is 1.42. The zero-order valence-corrected chi connectivity index (χ0v) is 18.3. The molecule has 2 aromatic carbocycles. The Morgan fingerprint density at radius 2 is 1.94 bits per heavy atom. The van der Waals surface area contributed by atoms with E-state index in [1.54, 1.807) is 18.2 Å². The van der Waals surface area contributed by atoms with Crippen LogP contribution in [0, 0.1) is 11.6 Å². The van der Waals surface area contributed by atoms with E-state index >= 15 is 0 Å². The molecule has 1 aromatic heterocycles. The number of amides is 2. The summed E-state index contributed by atoms with van der Waals surface area (Å²) in [6.45, 7) is 0.601. The summed E-state index contributed by atoms with van der Waals surface area (Å²) in [7, 11) is 0. The number of aliphatic imine (C=N–C) groups is 1. The van der Waals surface area contributed by atoms with Crippen LogP contribution in [0.5, 0.6) is 0 Å². The average molecular weight is 478 g/mol. The first-order valence-corrected chi connectivity index (χ1v) is 10.9. The molecule has 0 aliphatic carbocycles. The van der Waals surface area contributed by atoms with Gasteiger partial charge in [-0.3, -0.25) is 9.79 Å². The molecule has 5 rings (SSSR count). The summed E-state index contributed by atoms with van der Waals surface area (Å²) in [5.41, 5.74) is 1.98. The molecule has 2 aliphatic heterocycles. The first kappa shape index (κ1) is 22.4. The third kappa shape index (κ3) is 4.79. The van der Waals surface area contributed by atoms with Crippen LogP contribution in [0.3, 0.4) is 0 Å². The molecule has 35 heavy (non-hydrogen) atoms. The van der Waals surface area contributed by atoms with E-state index in [1.807, 2.05) is 0 Å². The molecule has 0 unspecified atom stereocenters. The van der Waals surface area contributed by atoms with Gasteiger partial charge in [-0.1, -0.05) is 18.2 Å². The number of allylic oxidation sites excluding steroid dienone is 1. The molecule has 2 aliphatic rings. The molecular weight excluding hydrogens is 458 g/mol. The van der Waals surface area contributed by atoms with Gasteiger partial charge < -0.3 is 15.4 Å². The molecule has 0 saturated carbocycles. The van der Waals surface area contributed by atoms with Crippen molar-refractivity contribution in [2.24, 2.45) is 4.99 Å². The van der Waals surface area contributed by atoms with Crippen LogP contribution in [0.15, 0.2) is 65.9 Å². The van der Waals surface area contributed by atoms with Crippen LogP contribution in [0.2, 0.25) is 0 Å². The molecule has 0 radical (unpaired) electrons. The van der Waals surface area contributed by atoms with E-state index in [0.29, 0.717) is 5.71 Å². The number of benzene rings is 2. The minimum atomic E-state index is -0.680. The quantitative estimate of drug-likeness (QED) is 0.542. The van der Waals surface area contributed by atoms with Gasteiger partial charge >= 0.3 is 6.09 Å². The smallest absolute Gasteiger partial charge is 0.407 e. The number of halogens is 2. The maximum atomic E-state index is 15.0. The lowest BCUT2D eigenvalue weighted by molar-refractivity contribution is 0.0808. The van der Waals surface area contributed by atoms with Gasteiger partial charge in [0.2, 0.25) is 0 Å². The van der Waals surface area contributed by atoms with Crippen LogP contribution in [-0.4, -0.2) is 57.9 Å². The zero-order chi connectivity index (χ0) is 24.4. The predicted molar refractivity (Wildman–Crippen MR) is 122 cm³/mol. The van der Waals surface area contributed by atoms with Gasteiger partial charge in [0.25, 0.3) is 5.91 Å². The number of nitrogens with one attached hydrogen (secondary N) is 2. The lowest BCUT2D eigenvalue weighted by Gasteiger charge is -2.23. The maximum Gasteiger partial charge on any atom is 0.407 e. The van der Waals surface area contributed by atoms with Crippen molar-refractivity contribution in [2.75, 3.05) is 13.1 Å². The molecule has 178 valence electrons. The lowest BCUT2D eigenvalue weighted by Crippen LogP contribution is -2.48. The second-order valence-corrected chi connectivity index (χ2v) is 8.03. The van der Waals surface area contributed by atoms with Crippen molar-refractivity contribution >= 4 is 23.3 Å². The van der Waals surface area contributed by atoms with Crippen molar-refractivity contribution < 1.29 is 23.1 Å². The van der Waals surface area contributed by atoms with Gasteiger partial charge in [0, 0.05) is 5.56 Å². The normalized spacial score (nSPS) is 17.9. The average Bonchev–Trinajstić information content (AvgIpc) is 3.61. The molecule has 11 heteroatoms. The van der Waals surface area contributed by atoms with Crippen LogP contribution in [-0.2, 0) is 11.3 Å². The van der Waals surface area contributed by atoms with Crippen molar-refractivity contribution in [1.29, 1.82) is 0 Å². The standard InChI is InChI=1S/C24H20F2N6O3/c25-16-6-4-14(5-7-16)15-10-19(27-11-15)22-17(2-1-3-18(22)26)23(33)31-20(13-32-29-8-9-30-32)21-12-28-24(34)35-21/h1-10,20-21H,11-13H2,(H,28,34)(H,31,33)/t20-,21-/m1/s1. The van der Waals surface area contributed by atoms with Gasteiger partial charge in [0.1, 0.15) is 17.7 Å². The second kappa shape index (κ2) is 9.45. The molecule has 1 saturated heterocycles. The van der Waals surface area contributed by atoms with E-state index in [9.17, 15) is 18.4 Å². The van der Waals surface area contributed by atoms with Gasteiger partial charge in [0.05, 0.1) is 49.3 Å². The Morgan fingerprint density at radius 1 is 1.17 bits per heavy atom. The minimum absolute atomic E-state index is 0.0552. The van der Waals surface area contributed by atoms with Crippen LogP contribution in [0.1, 0.15) is 21.5 Å². The molecule has 2 atom stereocenters. The first-order chi connectivity index (χ1) is 17.0. The number of carbonyl (C=O) groups is 2. The highest BCUT2D eigenvalue weighted by Crippen LogP contribution is 2.25. The topological polar surface area (TPSA) is 110 Å². The maximum absolute atomic E-state index is 15.0. The van der Waals surface area contributed by atoms with Crippen LogP contribution in [0.25, 0.3) is 5.57 Å². The number of nitrogens with zero attached hydrogens (tertiary/aromatic N) is 4. The highest BCUT2D eigenvalue weighted by atomic mass is 19.1. The van der Waals surface area contributed by atoms with E-state index in [4.69, 9.17) is 4.74 Å². The molecule has 2 amide bonds. The van der Waals surface area contributed by atoms with Crippen LogP contribution in [0.4, 0.5) is 13.6 Å². The number of hydrogen-bond donors (Lipinski definition) is 2. The van der Waals surface area contributed by atoms with Gasteiger partial charge in [-0.2, -0.15) is 15.0 Å². The molecule has 3 heterocycles. The lowest BCUT2D eigenvalue weighted by atomic mass is 9.99. The Bertz CT molecular complexity index is 1320. The van der Waals surface area contributed by atoms with Gasteiger partial charge in [-0.25, -0.2) is 13.6 Å². The first-order valence-electron chi connectivity index (χ1n) is 10.9. The van der Waals surface area contributed by atoms with Crippen molar-refractivity contribution in [3.8, 4) is 0 Å². The van der Waals surface area contributed by atoms with Crippen LogP contribution >= 0.6 is 0 Å². The fraction of sp³-hybridized carbons (Fsp3) is 0.208. The van der Waals surface area contributed by atoms with E-state index in [1.165, 1.54) is 47.5 Å². The summed E-state index contributed by atoms with van der Waals surface area (Å²) in [5, 5.41) is 13.5. The van der Waals surface area contributed by atoms with Gasteiger partial charge in [-0.15, -0.1) is 0 Å². The largest absolute Gasteiger partial charge is 0.442 e. The SMILES string of the molecule is O=C1NC[C@H]([C@@H](Cn2nccn2)NC(=O)c2cccc(F)c2C2=NCC(c3ccc(F)cc3)=C2)O1. The molecule has 0 spiro atoms. The fourth-order valence-corrected chi connectivity index (χ4v) is 4.04. The second-order valence-electron chi connectivity index (χ2n) is 8.03. The zero-order valence-electron chi connectivity index (χ0n) is 18.3. The van der Waals surface area contributed by atoms with E-state index < -0.39 is 30.0 Å². The van der Waals surface area contributed by atoms with Crippen molar-refractivity contribution in [2.45, 2.75) is 18.7 Å². The van der Waals surface area contributed by atoms with Gasteiger partial charge in [0.15, 0.2) is 0 Å². The third-order valence-electron chi connectivity index (χ3n) is 5.76. The third-order valence-corrected chi connectivity index (χ3v) is 5.76. The Labute approximate surface area is 198 Å². The number of cyclic esters (lactones) is 1. The van der Waals surface area contributed by atoms with Gasteiger partial charge in [-0.05, 0) is 41.5 Å². The monoisotopic (exact) mass is 478 g/mol. The number of carbonyl (C=O) groups excluding carboxylic acids is 2. The minimum Gasteiger partial charge on any atom is -0.442 e. The Morgan fingerprint density at radius 3 is 2.66 bits per heavy atom. The summed E-state index contributed by atoms with van der Waals surface area (Å²) in [4.78, 5) is 30.7. The molecule has 0 bridgehead atoms. The molecule has 9 nitrogen and oxygen atoms in total. The van der Waals surface area contributed by atoms with E-state index in [0.717, 1.165) is 11.1 Å². The highest BCUT2D eigenvalue weighted by Gasteiger charge is 2.34. The van der Waals surface area contributed by atoms with Crippen LogP contribution < -0.4 is 10.6 Å². The Kier molecular flexibility index (Phi) is 6.04. The molecule has 1 fully saturated rings. The Hall–Kier alpha value is -4.41. The number of aromatic nitrogens is 3. The summed E-state index contributed by atoms with van der Waals surface area (Å²) in [6.07, 6.45) is 3.42. The predicted octanol–water partition coefficient (Wildman–Crippen LogP) is 2.35. The number of hydrogen-bond acceptors (Lipinski definition) is 6. The fourth-order valence-electron chi connectivity index (χ4n) is 4.04. The van der Waals surface area contributed by atoms with E-state index in [-0.39, 0.29) is 36.6 Å². The number of ether oxygens (including phenoxy) is 1. The summed E-state index contributed by atoms with van der Waals surface area (Å²) in [5.74, 6) is -1.53. The number of alkyl carbamates (subject to hydrolysis) is 1. The number of rotatable bonds is 7. The van der Waals surface area contributed by atoms with Crippen molar-refractivity contribution in [1.82, 2.24) is 25.6 Å².